The van der Waals surface area contributed by atoms with Crippen molar-refractivity contribution in [1.29, 1.82) is 0 Å². The fourth-order valence-corrected chi connectivity index (χ4v) is 4.25. The van der Waals surface area contributed by atoms with E-state index in [9.17, 15) is 0 Å². The molecule has 6 nitrogen and oxygen atoms in total. The van der Waals surface area contributed by atoms with E-state index in [1.807, 2.05) is 4.68 Å². The Labute approximate surface area is 151 Å². The van der Waals surface area contributed by atoms with Crippen LogP contribution in [0.25, 0.3) is 0 Å². The summed E-state index contributed by atoms with van der Waals surface area (Å²) in [5, 5.41) is 14.6. The zero-order valence-electron chi connectivity index (χ0n) is 14.2. The minimum atomic E-state index is 0.0696. The van der Waals surface area contributed by atoms with Crippen LogP contribution in [0.15, 0.2) is 41.8 Å². The van der Waals surface area contributed by atoms with Crippen molar-refractivity contribution in [2.45, 2.75) is 25.6 Å². The molecule has 0 aliphatic carbocycles. The monoisotopic (exact) mass is 355 g/mol. The van der Waals surface area contributed by atoms with Crippen molar-refractivity contribution in [1.82, 2.24) is 25.1 Å². The van der Waals surface area contributed by atoms with Gasteiger partial charge in [-0.1, -0.05) is 30.3 Å². The Morgan fingerprint density at radius 2 is 2.08 bits per heavy atom. The topological polar surface area (TPSA) is 56.1 Å². The smallest absolute Gasteiger partial charge is 0.173 e. The molecule has 0 N–H and O–H groups in total. The van der Waals surface area contributed by atoms with Gasteiger partial charge >= 0.3 is 0 Å². The Balaban J connectivity index is 1.68. The third kappa shape index (κ3) is 3.35. The second-order valence-electron chi connectivity index (χ2n) is 6.16. The highest BCUT2D eigenvalue weighted by molar-refractivity contribution is 7.10. The predicted octanol–water partition coefficient (Wildman–Crippen LogP) is 2.53. The minimum absolute atomic E-state index is 0.0696. The maximum Gasteiger partial charge on any atom is 0.173 e. The van der Waals surface area contributed by atoms with Gasteiger partial charge in [0.05, 0.1) is 13.2 Å². The largest absolute Gasteiger partial charge is 0.383 e. The normalized spacial score (nSPS) is 15.9. The zero-order chi connectivity index (χ0) is 17.1. The second-order valence-corrected chi connectivity index (χ2v) is 7.14. The number of methoxy groups -OCH3 is 1. The predicted molar refractivity (Wildman–Crippen MR) is 96.4 cm³/mol. The number of aromatic nitrogens is 4. The molecular weight excluding hydrogens is 334 g/mol. The second kappa shape index (κ2) is 7.43. The van der Waals surface area contributed by atoms with Gasteiger partial charge < -0.3 is 4.74 Å². The van der Waals surface area contributed by atoms with Gasteiger partial charge in [0.1, 0.15) is 6.04 Å². The van der Waals surface area contributed by atoms with Crippen LogP contribution in [0.1, 0.15) is 27.9 Å². The molecule has 0 radical (unpaired) electrons. The summed E-state index contributed by atoms with van der Waals surface area (Å²) in [7, 11) is 1.70. The van der Waals surface area contributed by atoms with E-state index in [0.717, 1.165) is 25.3 Å². The van der Waals surface area contributed by atoms with Crippen LogP contribution < -0.4 is 0 Å². The van der Waals surface area contributed by atoms with Gasteiger partial charge in [-0.15, -0.1) is 16.4 Å². The number of rotatable bonds is 6. The molecule has 3 heterocycles. The van der Waals surface area contributed by atoms with Crippen molar-refractivity contribution in [2.24, 2.45) is 0 Å². The maximum atomic E-state index is 5.21. The van der Waals surface area contributed by atoms with E-state index in [4.69, 9.17) is 4.74 Å². The highest BCUT2D eigenvalue weighted by Gasteiger charge is 2.30. The van der Waals surface area contributed by atoms with Crippen LogP contribution in [-0.2, 0) is 24.2 Å². The maximum absolute atomic E-state index is 5.21. The molecule has 0 saturated carbocycles. The Kier molecular flexibility index (Phi) is 4.87. The lowest BCUT2D eigenvalue weighted by molar-refractivity contribution is 0.170. The first-order valence-corrected chi connectivity index (χ1v) is 9.34. The minimum Gasteiger partial charge on any atom is -0.383 e. The molecule has 0 saturated heterocycles. The first kappa shape index (κ1) is 16.4. The van der Waals surface area contributed by atoms with Crippen LogP contribution >= 0.6 is 11.3 Å². The van der Waals surface area contributed by atoms with Crippen LogP contribution in [0.4, 0.5) is 0 Å². The summed E-state index contributed by atoms with van der Waals surface area (Å²) >= 11 is 1.75. The van der Waals surface area contributed by atoms with Gasteiger partial charge in [-0.3, -0.25) is 4.90 Å². The fourth-order valence-electron chi connectivity index (χ4n) is 3.40. The average Bonchev–Trinajstić information content (AvgIpc) is 3.33. The van der Waals surface area contributed by atoms with E-state index in [-0.39, 0.29) is 6.04 Å². The van der Waals surface area contributed by atoms with Crippen LogP contribution in [0.3, 0.4) is 0 Å². The van der Waals surface area contributed by atoms with E-state index < -0.39 is 0 Å². The van der Waals surface area contributed by atoms with Crippen molar-refractivity contribution < 1.29 is 4.74 Å². The number of tetrazole rings is 1. The first-order valence-electron chi connectivity index (χ1n) is 8.46. The van der Waals surface area contributed by atoms with Crippen LogP contribution in [0.5, 0.6) is 0 Å². The molecule has 1 aliphatic heterocycles. The van der Waals surface area contributed by atoms with Crippen molar-refractivity contribution in [2.75, 3.05) is 20.3 Å². The molecule has 130 valence electrons. The summed E-state index contributed by atoms with van der Waals surface area (Å²) in [6.45, 7) is 3.16. The molecule has 0 amide bonds. The SMILES string of the molecule is COCCn1nnnc1C(c1cccs1)N1CCc2ccccc2C1. The lowest BCUT2D eigenvalue weighted by atomic mass is 9.98. The van der Waals surface area contributed by atoms with Crippen molar-refractivity contribution in [3.8, 4) is 0 Å². The summed E-state index contributed by atoms with van der Waals surface area (Å²) in [4.78, 5) is 3.75. The third-order valence-electron chi connectivity index (χ3n) is 4.65. The molecule has 1 atom stereocenters. The van der Waals surface area contributed by atoms with Gasteiger partial charge in [-0.05, 0) is 39.4 Å². The molecule has 1 unspecified atom stereocenters. The van der Waals surface area contributed by atoms with Crippen molar-refractivity contribution in [3.05, 3.63) is 63.6 Å². The molecule has 0 fully saturated rings. The number of hydrogen-bond donors (Lipinski definition) is 0. The quantitative estimate of drug-likeness (QED) is 0.680. The molecule has 2 aromatic heterocycles. The first-order chi connectivity index (χ1) is 12.4. The highest BCUT2D eigenvalue weighted by Crippen LogP contribution is 2.34. The lowest BCUT2D eigenvalue weighted by Crippen LogP contribution is -2.36. The fraction of sp³-hybridized carbons (Fsp3) is 0.389. The van der Waals surface area contributed by atoms with Crippen LogP contribution in [-0.4, -0.2) is 45.4 Å². The third-order valence-corrected chi connectivity index (χ3v) is 5.57. The van der Waals surface area contributed by atoms with Gasteiger partial charge in [0.25, 0.3) is 0 Å². The summed E-state index contributed by atoms with van der Waals surface area (Å²) in [5.74, 6) is 0.888. The Bertz CT molecular complexity index is 817. The summed E-state index contributed by atoms with van der Waals surface area (Å²) in [5.41, 5.74) is 2.84. The van der Waals surface area contributed by atoms with Gasteiger partial charge in [0, 0.05) is 25.1 Å². The number of thiophene rings is 1. The highest BCUT2D eigenvalue weighted by atomic mass is 32.1. The number of hydrogen-bond acceptors (Lipinski definition) is 6. The standard InChI is InChI=1S/C18H21N5OS/c1-24-11-10-23-18(19-20-21-23)17(16-7-4-12-25-16)22-9-8-14-5-2-3-6-15(14)13-22/h2-7,12,17H,8-11,13H2,1H3. The molecule has 1 aromatic carbocycles. The van der Waals surface area contributed by atoms with Crippen molar-refractivity contribution >= 4 is 11.3 Å². The zero-order valence-corrected chi connectivity index (χ0v) is 15.0. The van der Waals surface area contributed by atoms with Crippen molar-refractivity contribution in [3.63, 3.8) is 0 Å². The van der Waals surface area contributed by atoms with E-state index in [0.29, 0.717) is 13.2 Å². The summed E-state index contributed by atoms with van der Waals surface area (Å²) < 4.78 is 7.07. The van der Waals surface area contributed by atoms with E-state index in [1.165, 1.54) is 16.0 Å². The summed E-state index contributed by atoms with van der Waals surface area (Å²) in [6.07, 6.45) is 1.05. The average molecular weight is 355 g/mol. The number of nitrogens with zero attached hydrogens (tertiary/aromatic N) is 5. The number of fused-ring (bicyclic) bond motifs is 1. The van der Waals surface area contributed by atoms with Gasteiger partial charge in [0.15, 0.2) is 5.82 Å². The number of benzene rings is 1. The molecule has 4 rings (SSSR count). The van der Waals surface area contributed by atoms with Gasteiger partial charge in [-0.25, -0.2) is 4.68 Å². The van der Waals surface area contributed by atoms with Gasteiger partial charge in [-0.2, -0.15) is 0 Å². The molecule has 0 bridgehead atoms. The molecule has 7 heteroatoms. The molecule has 25 heavy (non-hydrogen) atoms. The van der Waals surface area contributed by atoms with Crippen LogP contribution in [0, 0.1) is 0 Å². The van der Waals surface area contributed by atoms with E-state index in [2.05, 4.69) is 62.2 Å². The Morgan fingerprint density at radius 1 is 1.20 bits per heavy atom. The van der Waals surface area contributed by atoms with E-state index >= 15 is 0 Å². The Morgan fingerprint density at radius 3 is 2.88 bits per heavy atom. The molecular formula is C18H21N5OS. The molecule has 0 spiro atoms. The lowest BCUT2D eigenvalue weighted by Gasteiger charge is -2.34. The van der Waals surface area contributed by atoms with Gasteiger partial charge in [0.2, 0.25) is 0 Å². The van der Waals surface area contributed by atoms with E-state index in [1.54, 1.807) is 18.4 Å². The van der Waals surface area contributed by atoms with Crippen LogP contribution in [0.2, 0.25) is 0 Å². The Hall–Kier alpha value is -2.09. The molecule has 3 aromatic rings. The summed E-state index contributed by atoms with van der Waals surface area (Å²) in [6, 6.07) is 13.0. The molecule has 1 aliphatic rings. The number of ether oxygens (including phenoxy) is 1.